The fourth-order valence-electron chi connectivity index (χ4n) is 0.755. The first kappa shape index (κ1) is 9.10. The molecule has 1 atom stereocenters. The fraction of sp³-hybridized carbons (Fsp3) is 0.333. The van der Waals surface area contributed by atoms with Crippen molar-refractivity contribution in [3.8, 4) is 0 Å². The number of hydrogen-bond acceptors (Lipinski definition) is 2. The van der Waals surface area contributed by atoms with Crippen LogP contribution >= 0.6 is 22.3 Å². The highest BCUT2D eigenvalue weighted by Gasteiger charge is 2.14. The van der Waals surface area contributed by atoms with E-state index in [4.69, 9.17) is 22.3 Å². The molecule has 2 nitrogen and oxygen atoms in total. The lowest BCUT2D eigenvalue weighted by atomic mass is 10.2. The standard InChI is InChI=1S/C6H6Cl2O2S/c7-5-1-3-6(4-2-5)11(8,9)10/h1,3-5H,2H2. The first-order chi connectivity index (χ1) is 5.00. The molecule has 0 aliphatic heterocycles. The van der Waals surface area contributed by atoms with E-state index in [9.17, 15) is 8.42 Å². The van der Waals surface area contributed by atoms with Crippen molar-refractivity contribution in [3.05, 3.63) is 23.1 Å². The molecule has 0 bridgehead atoms. The van der Waals surface area contributed by atoms with Crippen molar-refractivity contribution < 1.29 is 8.42 Å². The molecule has 0 N–H and O–H groups in total. The molecule has 1 unspecified atom stereocenters. The van der Waals surface area contributed by atoms with Gasteiger partial charge in [-0.25, -0.2) is 8.42 Å². The molecule has 0 aromatic rings. The molecule has 1 rings (SSSR count). The van der Waals surface area contributed by atoms with Crippen LogP contribution in [0.25, 0.3) is 0 Å². The highest BCUT2D eigenvalue weighted by Crippen LogP contribution is 2.21. The Kier molecular flexibility index (Phi) is 2.62. The van der Waals surface area contributed by atoms with Gasteiger partial charge in [0.2, 0.25) is 0 Å². The summed E-state index contributed by atoms with van der Waals surface area (Å²) in [6.45, 7) is 0. The number of hydrogen-bond donors (Lipinski definition) is 0. The van der Waals surface area contributed by atoms with Crippen molar-refractivity contribution >= 4 is 31.3 Å². The number of rotatable bonds is 1. The van der Waals surface area contributed by atoms with E-state index in [1.54, 1.807) is 6.08 Å². The van der Waals surface area contributed by atoms with Crippen LogP contribution in [0.3, 0.4) is 0 Å². The Bertz CT molecular complexity index is 303. The van der Waals surface area contributed by atoms with Crippen molar-refractivity contribution in [3.63, 3.8) is 0 Å². The predicted molar refractivity (Wildman–Crippen MR) is 46.3 cm³/mol. The molecule has 1 aliphatic rings. The van der Waals surface area contributed by atoms with E-state index in [-0.39, 0.29) is 10.3 Å². The zero-order valence-electron chi connectivity index (χ0n) is 5.50. The van der Waals surface area contributed by atoms with E-state index in [1.165, 1.54) is 12.2 Å². The Morgan fingerprint density at radius 3 is 2.55 bits per heavy atom. The maximum atomic E-state index is 10.7. The van der Waals surface area contributed by atoms with E-state index in [2.05, 4.69) is 0 Å². The first-order valence-corrected chi connectivity index (χ1v) is 5.72. The summed E-state index contributed by atoms with van der Waals surface area (Å²) in [6, 6.07) is 0. The third-order valence-electron chi connectivity index (χ3n) is 1.30. The van der Waals surface area contributed by atoms with Crippen LogP contribution in [0.1, 0.15) is 6.42 Å². The summed E-state index contributed by atoms with van der Waals surface area (Å²) in [5.41, 5.74) is 0. The van der Waals surface area contributed by atoms with Crippen molar-refractivity contribution in [1.29, 1.82) is 0 Å². The van der Waals surface area contributed by atoms with Crippen molar-refractivity contribution in [2.75, 3.05) is 0 Å². The molecule has 0 fully saturated rings. The van der Waals surface area contributed by atoms with Gasteiger partial charge in [-0.05, 0) is 12.5 Å². The lowest BCUT2D eigenvalue weighted by Gasteiger charge is -2.06. The van der Waals surface area contributed by atoms with Crippen molar-refractivity contribution in [2.45, 2.75) is 11.8 Å². The molecular weight excluding hydrogens is 207 g/mol. The van der Waals surface area contributed by atoms with Crippen LogP contribution in [0.2, 0.25) is 0 Å². The van der Waals surface area contributed by atoms with Gasteiger partial charge in [0.05, 0.1) is 10.3 Å². The van der Waals surface area contributed by atoms with Gasteiger partial charge >= 0.3 is 0 Å². The minimum atomic E-state index is -3.56. The first-order valence-electron chi connectivity index (χ1n) is 2.97. The molecule has 11 heavy (non-hydrogen) atoms. The van der Waals surface area contributed by atoms with Crippen LogP contribution in [-0.2, 0) is 9.05 Å². The summed E-state index contributed by atoms with van der Waals surface area (Å²) >= 11 is 5.66. The average Bonchev–Trinajstić information content (AvgIpc) is 1.86. The molecular formula is C6H6Cl2O2S. The minimum absolute atomic E-state index is 0.114. The average molecular weight is 213 g/mol. The fourth-order valence-corrected chi connectivity index (χ4v) is 1.80. The number of alkyl halides is 1. The largest absolute Gasteiger partial charge is 0.260 e. The molecule has 5 heteroatoms. The molecule has 0 radical (unpaired) electrons. The van der Waals surface area contributed by atoms with Gasteiger partial charge in [0.15, 0.2) is 0 Å². The second-order valence-corrected chi connectivity index (χ2v) is 5.28. The molecule has 0 heterocycles. The topological polar surface area (TPSA) is 34.1 Å². The third-order valence-corrected chi connectivity index (χ3v) is 3.02. The second-order valence-electron chi connectivity index (χ2n) is 2.16. The maximum absolute atomic E-state index is 10.7. The van der Waals surface area contributed by atoms with E-state index >= 15 is 0 Å². The molecule has 0 saturated heterocycles. The molecule has 0 amide bonds. The summed E-state index contributed by atoms with van der Waals surface area (Å²) in [5, 5.41) is -0.114. The maximum Gasteiger partial charge on any atom is 0.260 e. The normalized spacial score (nSPS) is 24.9. The van der Waals surface area contributed by atoms with E-state index < -0.39 is 9.05 Å². The second kappa shape index (κ2) is 3.17. The smallest absolute Gasteiger partial charge is 0.207 e. The quantitative estimate of drug-likeness (QED) is 0.493. The Balaban J connectivity index is 2.89. The summed E-state index contributed by atoms with van der Waals surface area (Å²) in [4.78, 5) is 0.135. The summed E-state index contributed by atoms with van der Waals surface area (Å²) in [5.74, 6) is 0. The number of allylic oxidation sites excluding steroid dienone is 3. The van der Waals surface area contributed by atoms with Crippen LogP contribution in [0, 0.1) is 0 Å². The van der Waals surface area contributed by atoms with Crippen LogP contribution in [-0.4, -0.2) is 13.8 Å². The van der Waals surface area contributed by atoms with E-state index in [0.717, 1.165) is 0 Å². The van der Waals surface area contributed by atoms with Crippen LogP contribution in [0.4, 0.5) is 0 Å². The predicted octanol–water partition coefficient (Wildman–Crippen LogP) is 2.01. The molecule has 0 spiro atoms. The zero-order chi connectivity index (χ0) is 8.48. The lowest BCUT2D eigenvalue weighted by Crippen LogP contribution is -2.01. The summed E-state index contributed by atoms with van der Waals surface area (Å²) in [7, 11) is 1.51. The van der Waals surface area contributed by atoms with Gasteiger partial charge in [0.1, 0.15) is 0 Å². The molecule has 0 aromatic heterocycles. The molecule has 0 aromatic carbocycles. The Hall–Kier alpha value is 0.01000. The van der Waals surface area contributed by atoms with Gasteiger partial charge in [-0.15, -0.1) is 11.6 Å². The lowest BCUT2D eigenvalue weighted by molar-refractivity contribution is 0.615. The zero-order valence-corrected chi connectivity index (χ0v) is 7.83. The number of halogens is 2. The molecule has 62 valence electrons. The monoisotopic (exact) mass is 212 g/mol. The van der Waals surface area contributed by atoms with Gasteiger partial charge in [-0.1, -0.05) is 12.2 Å². The van der Waals surface area contributed by atoms with Crippen LogP contribution in [0.15, 0.2) is 23.1 Å². The summed E-state index contributed by atoms with van der Waals surface area (Å²) in [6.07, 6.45) is 5.06. The van der Waals surface area contributed by atoms with Gasteiger partial charge in [0.25, 0.3) is 9.05 Å². The summed E-state index contributed by atoms with van der Waals surface area (Å²) < 4.78 is 21.4. The SMILES string of the molecule is O=S(=O)(Cl)C1=CCC(Cl)C=C1. The van der Waals surface area contributed by atoms with Gasteiger partial charge in [-0.2, -0.15) is 0 Å². The molecule has 1 aliphatic carbocycles. The Morgan fingerprint density at radius 2 is 2.18 bits per heavy atom. The van der Waals surface area contributed by atoms with E-state index in [1.807, 2.05) is 0 Å². The van der Waals surface area contributed by atoms with Gasteiger partial charge in [-0.3, -0.25) is 0 Å². The van der Waals surface area contributed by atoms with E-state index in [0.29, 0.717) is 6.42 Å². The molecule has 0 saturated carbocycles. The minimum Gasteiger partial charge on any atom is -0.207 e. The highest BCUT2D eigenvalue weighted by molar-refractivity contribution is 8.17. The van der Waals surface area contributed by atoms with Gasteiger partial charge < -0.3 is 0 Å². The van der Waals surface area contributed by atoms with Crippen LogP contribution in [0.5, 0.6) is 0 Å². The Labute approximate surface area is 74.9 Å². The van der Waals surface area contributed by atoms with Crippen LogP contribution < -0.4 is 0 Å². The Morgan fingerprint density at radius 1 is 1.55 bits per heavy atom. The third kappa shape index (κ3) is 2.51. The van der Waals surface area contributed by atoms with Gasteiger partial charge in [0, 0.05) is 10.7 Å². The highest BCUT2D eigenvalue weighted by atomic mass is 35.7. The van der Waals surface area contributed by atoms with Crippen molar-refractivity contribution in [2.24, 2.45) is 0 Å². The van der Waals surface area contributed by atoms with Crippen molar-refractivity contribution in [1.82, 2.24) is 0 Å².